The van der Waals surface area contributed by atoms with Crippen molar-refractivity contribution in [1.82, 2.24) is 5.32 Å². The van der Waals surface area contributed by atoms with Gasteiger partial charge in [-0.2, -0.15) is 0 Å². The van der Waals surface area contributed by atoms with Crippen LogP contribution in [0.2, 0.25) is 0 Å². The average Bonchev–Trinajstić information content (AvgIpc) is 2.56. The fraction of sp³-hybridized carbons (Fsp3) is 0.647. The van der Waals surface area contributed by atoms with Crippen molar-refractivity contribution in [1.29, 1.82) is 0 Å². The molecule has 1 fully saturated rings. The minimum absolute atomic E-state index is 0.305. The summed E-state index contributed by atoms with van der Waals surface area (Å²) in [5.74, 6) is 2.49. The van der Waals surface area contributed by atoms with E-state index in [0.717, 1.165) is 30.5 Å². The van der Waals surface area contributed by atoms with Crippen molar-refractivity contribution in [2.45, 2.75) is 32.1 Å². The molecule has 1 aromatic carbocycles. The summed E-state index contributed by atoms with van der Waals surface area (Å²) in [4.78, 5) is 0. The summed E-state index contributed by atoms with van der Waals surface area (Å²) in [5.41, 5.74) is 0.305. The predicted molar refractivity (Wildman–Crippen MR) is 87.6 cm³/mol. The fourth-order valence-electron chi connectivity index (χ4n) is 2.93. The molecule has 4 heteroatoms. The molecule has 1 N–H and O–H groups in total. The molecular formula is C17H26ClNO2. The van der Waals surface area contributed by atoms with Gasteiger partial charge in [0.25, 0.3) is 0 Å². The van der Waals surface area contributed by atoms with Gasteiger partial charge in [-0.1, -0.05) is 19.3 Å². The maximum absolute atomic E-state index is 6.19. The molecule has 0 radical (unpaired) electrons. The van der Waals surface area contributed by atoms with Gasteiger partial charge in [-0.25, -0.2) is 0 Å². The Labute approximate surface area is 133 Å². The smallest absolute Gasteiger partial charge is 0.119 e. The van der Waals surface area contributed by atoms with E-state index < -0.39 is 0 Å². The minimum atomic E-state index is 0.305. The maximum atomic E-state index is 6.19. The molecule has 0 amide bonds. The van der Waals surface area contributed by atoms with Crippen LogP contribution in [-0.4, -0.2) is 32.7 Å². The van der Waals surface area contributed by atoms with Crippen molar-refractivity contribution in [3.05, 3.63) is 24.3 Å². The van der Waals surface area contributed by atoms with E-state index in [0.29, 0.717) is 12.0 Å². The standard InChI is InChI=1S/C17H26ClNO2/c1-20-15-5-7-16(8-6-15)21-12-11-19-14-17(13-18)9-3-2-4-10-17/h5-8,19H,2-4,9-14H2,1H3. The normalized spacial score (nSPS) is 17.4. The number of rotatable bonds is 8. The summed E-state index contributed by atoms with van der Waals surface area (Å²) < 4.78 is 10.8. The zero-order chi connectivity index (χ0) is 15.0. The van der Waals surface area contributed by atoms with Gasteiger partial charge in [-0.3, -0.25) is 0 Å². The number of methoxy groups -OCH3 is 1. The Balaban J connectivity index is 1.64. The lowest BCUT2D eigenvalue weighted by atomic mass is 9.75. The first-order chi connectivity index (χ1) is 10.3. The van der Waals surface area contributed by atoms with Crippen molar-refractivity contribution in [3.8, 4) is 11.5 Å². The largest absolute Gasteiger partial charge is 0.497 e. The minimum Gasteiger partial charge on any atom is -0.497 e. The first-order valence-corrected chi connectivity index (χ1v) is 8.35. The highest BCUT2D eigenvalue weighted by molar-refractivity contribution is 6.18. The quantitative estimate of drug-likeness (QED) is 0.584. The van der Waals surface area contributed by atoms with Crippen LogP contribution in [0.25, 0.3) is 0 Å². The van der Waals surface area contributed by atoms with Gasteiger partial charge in [0.15, 0.2) is 0 Å². The van der Waals surface area contributed by atoms with Crippen molar-refractivity contribution < 1.29 is 9.47 Å². The zero-order valence-electron chi connectivity index (χ0n) is 12.9. The van der Waals surface area contributed by atoms with E-state index in [1.165, 1.54) is 32.1 Å². The van der Waals surface area contributed by atoms with E-state index in [2.05, 4.69) is 5.32 Å². The molecule has 0 unspecified atom stereocenters. The highest BCUT2D eigenvalue weighted by Gasteiger charge is 2.30. The van der Waals surface area contributed by atoms with Gasteiger partial charge in [0.05, 0.1) is 7.11 Å². The number of benzene rings is 1. The van der Waals surface area contributed by atoms with Crippen LogP contribution in [0.5, 0.6) is 11.5 Å². The molecule has 3 nitrogen and oxygen atoms in total. The van der Waals surface area contributed by atoms with E-state index in [1.54, 1.807) is 7.11 Å². The van der Waals surface area contributed by atoms with Gasteiger partial charge >= 0.3 is 0 Å². The van der Waals surface area contributed by atoms with Crippen LogP contribution in [0.1, 0.15) is 32.1 Å². The van der Waals surface area contributed by atoms with Crippen LogP contribution >= 0.6 is 11.6 Å². The Morgan fingerprint density at radius 3 is 2.38 bits per heavy atom. The van der Waals surface area contributed by atoms with Gasteiger partial charge in [-0.05, 0) is 42.5 Å². The Morgan fingerprint density at radius 1 is 1.10 bits per heavy atom. The van der Waals surface area contributed by atoms with Crippen LogP contribution in [-0.2, 0) is 0 Å². The van der Waals surface area contributed by atoms with E-state index in [-0.39, 0.29) is 0 Å². The van der Waals surface area contributed by atoms with E-state index >= 15 is 0 Å². The molecule has 0 aliphatic heterocycles. The Hall–Kier alpha value is -0.930. The molecule has 2 rings (SSSR count). The summed E-state index contributed by atoms with van der Waals surface area (Å²) in [6, 6.07) is 7.68. The van der Waals surface area contributed by atoms with Crippen LogP contribution in [0, 0.1) is 5.41 Å². The van der Waals surface area contributed by atoms with Gasteiger partial charge in [0, 0.05) is 19.0 Å². The van der Waals surface area contributed by atoms with E-state index in [1.807, 2.05) is 24.3 Å². The molecule has 21 heavy (non-hydrogen) atoms. The molecule has 0 spiro atoms. The first-order valence-electron chi connectivity index (χ1n) is 7.82. The van der Waals surface area contributed by atoms with Crippen LogP contribution in [0.3, 0.4) is 0 Å². The molecule has 0 aromatic heterocycles. The number of hydrogen-bond donors (Lipinski definition) is 1. The second-order valence-corrected chi connectivity index (χ2v) is 6.16. The number of hydrogen-bond acceptors (Lipinski definition) is 3. The van der Waals surface area contributed by atoms with Crippen molar-refractivity contribution in [2.75, 3.05) is 32.7 Å². The second kappa shape index (κ2) is 8.50. The first kappa shape index (κ1) is 16.4. The lowest BCUT2D eigenvalue weighted by molar-refractivity contribution is 0.206. The molecule has 1 saturated carbocycles. The Morgan fingerprint density at radius 2 is 1.76 bits per heavy atom. The Kier molecular flexibility index (Phi) is 6.65. The molecular weight excluding hydrogens is 286 g/mol. The third kappa shape index (κ3) is 5.08. The third-order valence-corrected chi connectivity index (χ3v) is 4.87. The SMILES string of the molecule is COc1ccc(OCCNCC2(CCl)CCCCC2)cc1. The molecule has 1 aliphatic rings. The lowest BCUT2D eigenvalue weighted by Gasteiger charge is -2.35. The van der Waals surface area contributed by atoms with Gasteiger partial charge in [-0.15, -0.1) is 11.6 Å². The summed E-state index contributed by atoms with van der Waals surface area (Å²) in [7, 11) is 1.66. The topological polar surface area (TPSA) is 30.5 Å². The summed E-state index contributed by atoms with van der Waals surface area (Å²) in [5, 5.41) is 3.51. The highest BCUT2D eigenvalue weighted by Crippen LogP contribution is 2.36. The molecule has 0 bridgehead atoms. The molecule has 0 saturated heterocycles. The van der Waals surface area contributed by atoms with Gasteiger partial charge in [0.1, 0.15) is 18.1 Å². The lowest BCUT2D eigenvalue weighted by Crippen LogP contribution is -2.39. The van der Waals surface area contributed by atoms with Crippen LogP contribution in [0.15, 0.2) is 24.3 Å². The van der Waals surface area contributed by atoms with E-state index in [9.17, 15) is 0 Å². The fourth-order valence-corrected chi connectivity index (χ4v) is 3.29. The number of ether oxygens (including phenoxy) is 2. The third-order valence-electron chi connectivity index (χ3n) is 4.30. The number of alkyl halides is 1. The van der Waals surface area contributed by atoms with Crippen LogP contribution < -0.4 is 14.8 Å². The summed E-state index contributed by atoms with van der Waals surface area (Å²) in [6.07, 6.45) is 6.50. The highest BCUT2D eigenvalue weighted by atomic mass is 35.5. The molecule has 0 atom stereocenters. The van der Waals surface area contributed by atoms with Crippen molar-refractivity contribution in [2.24, 2.45) is 5.41 Å². The zero-order valence-corrected chi connectivity index (χ0v) is 13.6. The molecule has 118 valence electrons. The summed E-state index contributed by atoms with van der Waals surface area (Å²) in [6.45, 7) is 2.53. The van der Waals surface area contributed by atoms with Crippen molar-refractivity contribution >= 4 is 11.6 Å². The molecule has 1 aromatic rings. The van der Waals surface area contributed by atoms with E-state index in [4.69, 9.17) is 21.1 Å². The van der Waals surface area contributed by atoms with Crippen molar-refractivity contribution in [3.63, 3.8) is 0 Å². The van der Waals surface area contributed by atoms with Gasteiger partial charge in [0.2, 0.25) is 0 Å². The second-order valence-electron chi connectivity index (χ2n) is 5.90. The van der Waals surface area contributed by atoms with Gasteiger partial charge < -0.3 is 14.8 Å². The molecule has 0 heterocycles. The predicted octanol–water partition coefficient (Wildman–Crippen LogP) is 3.85. The molecule has 1 aliphatic carbocycles. The monoisotopic (exact) mass is 311 g/mol. The van der Waals surface area contributed by atoms with Crippen LogP contribution in [0.4, 0.5) is 0 Å². The Bertz CT molecular complexity index is 402. The summed E-state index contributed by atoms with van der Waals surface area (Å²) >= 11 is 6.19. The average molecular weight is 312 g/mol. The number of halogens is 1. The number of nitrogens with one attached hydrogen (secondary N) is 1. The maximum Gasteiger partial charge on any atom is 0.119 e.